The first-order valence-corrected chi connectivity index (χ1v) is 11.1. The van der Waals surface area contributed by atoms with Crippen LogP contribution >= 0.6 is 0 Å². The van der Waals surface area contributed by atoms with Gasteiger partial charge in [0, 0.05) is 38.4 Å². The number of carbonyl (C=O) groups is 2. The predicted octanol–water partition coefficient (Wildman–Crippen LogP) is 3.84. The van der Waals surface area contributed by atoms with Crippen LogP contribution in [0.15, 0.2) is 42.1 Å². The molecule has 0 spiro atoms. The monoisotopic (exact) mass is 417 g/mol. The Labute approximate surface area is 184 Å². The second-order valence-corrected chi connectivity index (χ2v) is 8.57. The maximum Gasteiger partial charge on any atom is 0.277 e. The van der Waals surface area contributed by atoms with Gasteiger partial charge in [-0.05, 0) is 68.5 Å². The summed E-state index contributed by atoms with van der Waals surface area (Å²) in [5.41, 5.74) is 8.10. The van der Waals surface area contributed by atoms with E-state index in [1.54, 1.807) is 0 Å². The summed E-state index contributed by atoms with van der Waals surface area (Å²) in [4.78, 5) is 32.3. The molecular weight excluding hydrogens is 386 g/mol. The van der Waals surface area contributed by atoms with E-state index in [0.29, 0.717) is 30.9 Å². The third-order valence-electron chi connectivity index (χ3n) is 6.77. The van der Waals surface area contributed by atoms with Gasteiger partial charge in [0.05, 0.1) is 5.57 Å². The molecule has 31 heavy (non-hydrogen) atoms. The Bertz CT molecular complexity index is 1080. The van der Waals surface area contributed by atoms with Crippen molar-refractivity contribution in [1.82, 2.24) is 9.80 Å². The van der Waals surface area contributed by atoms with E-state index in [2.05, 4.69) is 48.8 Å². The third kappa shape index (κ3) is 3.62. The lowest BCUT2D eigenvalue weighted by molar-refractivity contribution is -0.137. The SMILES string of the molecule is CCN1C(=O)C(c2ccc(C)c(C)c2)=C(N2CCN(c3cccc(C)c3C)CC2)C1=O. The van der Waals surface area contributed by atoms with E-state index < -0.39 is 0 Å². The topological polar surface area (TPSA) is 43.9 Å². The number of likely N-dealkylation sites (N-methyl/N-ethyl adjacent to an activating group) is 1. The number of piperazine rings is 1. The molecule has 1 saturated heterocycles. The highest BCUT2D eigenvalue weighted by atomic mass is 16.2. The summed E-state index contributed by atoms with van der Waals surface area (Å²) in [5, 5.41) is 0. The number of carbonyl (C=O) groups excluding carboxylic acids is 2. The fourth-order valence-corrected chi connectivity index (χ4v) is 4.55. The smallest absolute Gasteiger partial charge is 0.277 e. The highest BCUT2D eigenvalue weighted by molar-refractivity contribution is 6.35. The first-order valence-electron chi connectivity index (χ1n) is 11.1. The summed E-state index contributed by atoms with van der Waals surface area (Å²) in [6.07, 6.45) is 0. The number of hydrogen-bond donors (Lipinski definition) is 0. The molecule has 0 aromatic heterocycles. The van der Waals surface area contributed by atoms with Crippen molar-refractivity contribution in [3.8, 4) is 0 Å². The first kappa shape index (κ1) is 21.2. The summed E-state index contributed by atoms with van der Waals surface area (Å²) >= 11 is 0. The molecule has 0 unspecified atom stereocenters. The normalized spacial score (nSPS) is 17.3. The van der Waals surface area contributed by atoms with Gasteiger partial charge in [0.15, 0.2) is 0 Å². The van der Waals surface area contributed by atoms with Crippen molar-refractivity contribution < 1.29 is 9.59 Å². The molecule has 0 N–H and O–H groups in total. The molecule has 2 aromatic rings. The van der Waals surface area contributed by atoms with Gasteiger partial charge in [0.2, 0.25) is 0 Å². The van der Waals surface area contributed by atoms with E-state index in [1.165, 1.54) is 27.3 Å². The summed E-state index contributed by atoms with van der Waals surface area (Å²) in [5.74, 6) is -0.344. The fourth-order valence-electron chi connectivity index (χ4n) is 4.55. The van der Waals surface area contributed by atoms with Crippen LogP contribution in [-0.2, 0) is 9.59 Å². The van der Waals surface area contributed by atoms with Gasteiger partial charge >= 0.3 is 0 Å². The lowest BCUT2D eigenvalue weighted by Gasteiger charge is -2.38. The predicted molar refractivity (Wildman–Crippen MR) is 125 cm³/mol. The van der Waals surface area contributed by atoms with Crippen molar-refractivity contribution in [3.05, 3.63) is 69.9 Å². The average molecular weight is 418 g/mol. The van der Waals surface area contributed by atoms with Crippen LogP contribution in [0.1, 0.15) is 34.7 Å². The lowest BCUT2D eigenvalue weighted by Crippen LogP contribution is -2.47. The fraction of sp³-hybridized carbons (Fsp3) is 0.385. The average Bonchev–Trinajstić information content (AvgIpc) is 3.01. The third-order valence-corrected chi connectivity index (χ3v) is 6.77. The van der Waals surface area contributed by atoms with Crippen LogP contribution in [-0.4, -0.2) is 54.3 Å². The van der Waals surface area contributed by atoms with E-state index >= 15 is 0 Å². The van der Waals surface area contributed by atoms with E-state index in [1.807, 2.05) is 32.0 Å². The Hall–Kier alpha value is -3.08. The molecule has 1 fully saturated rings. The van der Waals surface area contributed by atoms with Gasteiger partial charge in [0.25, 0.3) is 11.8 Å². The zero-order valence-corrected chi connectivity index (χ0v) is 19.2. The lowest BCUT2D eigenvalue weighted by atomic mass is 9.99. The zero-order chi connectivity index (χ0) is 22.3. The zero-order valence-electron chi connectivity index (χ0n) is 19.2. The largest absolute Gasteiger partial charge is 0.368 e. The molecular formula is C26H31N3O2. The molecule has 2 aliphatic heterocycles. The standard InChI is InChI=1S/C26H31N3O2/c1-6-29-25(30)23(21-11-10-17(2)19(4)16-21)24(26(29)31)28-14-12-27(13-15-28)22-9-7-8-18(3)20(22)5/h7-11,16H,6,12-15H2,1-5H3. The molecule has 2 aliphatic rings. The van der Waals surface area contributed by atoms with E-state index in [0.717, 1.165) is 24.2 Å². The van der Waals surface area contributed by atoms with E-state index in [9.17, 15) is 9.59 Å². The Morgan fingerprint density at radius 1 is 0.774 bits per heavy atom. The number of amides is 2. The Balaban J connectivity index is 1.66. The molecule has 0 radical (unpaired) electrons. The van der Waals surface area contributed by atoms with Crippen molar-refractivity contribution >= 4 is 23.1 Å². The van der Waals surface area contributed by atoms with Gasteiger partial charge in [-0.25, -0.2) is 0 Å². The quantitative estimate of drug-likeness (QED) is 0.709. The second kappa shape index (κ2) is 8.22. The van der Waals surface area contributed by atoms with Crippen LogP contribution in [0.3, 0.4) is 0 Å². The number of benzene rings is 2. The van der Waals surface area contributed by atoms with Gasteiger partial charge in [-0.1, -0.05) is 30.3 Å². The maximum absolute atomic E-state index is 13.2. The van der Waals surface area contributed by atoms with Gasteiger partial charge < -0.3 is 9.80 Å². The molecule has 0 bridgehead atoms. The van der Waals surface area contributed by atoms with Crippen LogP contribution in [0, 0.1) is 27.7 Å². The number of anilines is 1. The minimum atomic E-state index is -0.178. The van der Waals surface area contributed by atoms with Crippen molar-refractivity contribution in [2.24, 2.45) is 0 Å². The van der Waals surface area contributed by atoms with Crippen molar-refractivity contribution in [3.63, 3.8) is 0 Å². The van der Waals surface area contributed by atoms with Crippen molar-refractivity contribution in [2.45, 2.75) is 34.6 Å². The van der Waals surface area contributed by atoms with Crippen LogP contribution in [0.5, 0.6) is 0 Å². The molecule has 0 saturated carbocycles. The molecule has 2 heterocycles. The van der Waals surface area contributed by atoms with Crippen LogP contribution in [0.2, 0.25) is 0 Å². The number of rotatable bonds is 4. The van der Waals surface area contributed by atoms with E-state index in [4.69, 9.17) is 0 Å². The summed E-state index contributed by atoms with van der Waals surface area (Å²) < 4.78 is 0. The summed E-state index contributed by atoms with van der Waals surface area (Å²) in [6, 6.07) is 12.4. The van der Waals surface area contributed by atoms with E-state index in [-0.39, 0.29) is 11.8 Å². The molecule has 4 rings (SSSR count). The second-order valence-electron chi connectivity index (χ2n) is 8.57. The minimum absolute atomic E-state index is 0.166. The van der Waals surface area contributed by atoms with Crippen LogP contribution < -0.4 is 4.90 Å². The summed E-state index contributed by atoms with van der Waals surface area (Å²) in [7, 11) is 0. The van der Waals surface area contributed by atoms with Gasteiger partial charge in [-0.3, -0.25) is 14.5 Å². The minimum Gasteiger partial charge on any atom is -0.368 e. The molecule has 162 valence electrons. The molecule has 5 nitrogen and oxygen atoms in total. The number of hydrogen-bond acceptors (Lipinski definition) is 4. The number of aryl methyl sites for hydroxylation is 3. The van der Waals surface area contributed by atoms with Crippen LogP contribution in [0.25, 0.3) is 5.57 Å². The van der Waals surface area contributed by atoms with Gasteiger partial charge in [-0.2, -0.15) is 0 Å². The Kier molecular flexibility index (Phi) is 5.61. The summed E-state index contributed by atoms with van der Waals surface area (Å²) in [6.45, 7) is 13.7. The maximum atomic E-state index is 13.2. The van der Waals surface area contributed by atoms with Crippen LogP contribution in [0.4, 0.5) is 5.69 Å². The molecule has 5 heteroatoms. The Morgan fingerprint density at radius 2 is 1.45 bits per heavy atom. The van der Waals surface area contributed by atoms with Crippen molar-refractivity contribution in [2.75, 3.05) is 37.6 Å². The number of imide groups is 1. The Morgan fingerprint density at radius 3 is 2.10 bits per heavy atom. The molecule has 0 aliphatic carbocycles. The molecule has 2 amide bonds. The highest BCUT2D eigenvalue weighted by Crippen LogP contribution is 2.33. The molecule has 0 atom stereocenters. The molecule has 2 aromatic carbocycles. The highest BCUT2D eigenvalue weighted by Gasteiger charge is 2.41. The van der Waals surface area contributed by atoms with Gasteiger partial charge in [-0.15, -0.1) is 0 Å². The first-order chi connectivity index (χ1) is 14.8. The number of nitrogens with zero attached hydrogens (tertiary/aromatic N) is 3. The van der Waals surface area contributed by atoms with Gasteiger partial charge in [0.1, 0.15) is 5.70 Å². The van der Waals surface area contributed by atoms with Crippen molar-refractivity contribution in [1.29, 1.82) is 0 Å².